The van der Waals surface area contributed by atoms with Crippen molar-refractivity contribution >= 4 is 21.9 Å². The highest BCUT2D eigenvalue weighted by Gasteiger charge is 2.18. The fraction of sp³-hybridized carbons (Fsp3) is 0.417. The summed E-state index contributed by atoms with van der Waals surface area (Å²) >= 11 is 3.32. The summed E-state index contributed by atoms with van der Waals surface area (Å²) in [5, 5.41) is 0. The Morgan fingerprint density at radius 1 is 1.56 bits per heavy atom. The first-order valence-corrected chi connectivity index (χ1v) is 6.09. The molecule has 4 heteroatoms. The van der Waals surface area contributed by atoms with Crippen LogP contribution in [-0.2, 0) is 9.47 Å². The van der Waals surface area contributed by atoms with Gasteiger partial charge in [-0.05, 0) is 31.0 Å². The van der Waals surface area contributed by atoms with Crippen LogP contribution in [0.3, 0.4) is 0 Å². The van der Waals surface area contributed by atoms with Gasteiger partial charge in [0.15, 0.2) is 0 Å². The highest BCUT2D eigenvalue weighted by atomic mass is 79.9. The van der Waals surface area contributed by atoms with Crippen LogP contribution in [0.15, 0.2) is 28.7 Å². The van der Waals surface area contributed by atoms with Crippen molar-refractivity contribution in [1.82, 2.24) is 0 Å². The smallest absolute Gasteiger partial charge is 0.338 e. The van der Waals surface area contributed by atoms with E-state index in [1.165, 1.54) is 0 Å². The Labute approximate surface area is 103 Å². The molecule has 0 saturated carbocycles. The van der Waals surface area contributed by atoms with Crippen molar-refractivity contribution < 1.29 is 14.3 Å². The molecule has 2 rings (SSSR count). The minimum Gasteiger partial charge on any atom is -0.459 e. The van der Waals surface area contributed by atoms with E-state index in [4.69, 9.17) is 9.47 Å². The molecule has 86 valence electrons. The van der Waals surface area contributed by atoms with E-state index in [9.17, 15) is 4.79 Å². The summed E-state index contributed by atoms with van der Waals surface area (Å²) in [6.45, 7) is 1.13. The standard InChI is InChI=1S/C12H13BrO3/c13-10-4-1-3-9(7-10)12(14)16-8-11-5-2-6-15-11/h1,3-4,7,11H,2,5-6,8H2/t11-/m1/s1. The molecule has 0 unspecified atom stereocenters. The van der Waals surface area contributed by atoms with E-state index in [2.05, 4.69) is 15.9 Å². The van der Waals surface area contributed by atoms with Crippen LogP contribution in [0.4, 0.5) is 0 Å². The molecule has 16 heavy (non-hydrogen) atoms. The van der Waals surface area contributed by atoms with Gasteiger partial charge in [0.25, 0.3) is 0 Å². The molecule has 1 atom stereocenters. The van der Waals surface area contributed by atoms with Gasteiger partial charge in [-0.3, -0.25) is 0 Å². The molecule has 1 saturated heterocycles. The highest BCUT2D eigenvalue weighted by Crippen LogP contribution is 2.15. The molecule has 3 nitrogen and oxygen atoms in total. The quantitative estimate of drug-likeness (QED) is 0.801. The molecular formula is C12H13BrO3. The fourth-order valence-corrected chi connectivity index (χ4v) is 2.04. The van der Waals surface area contributed by atoms with Gasteiger partial charge in [-0.15, -0.1) is 0 Å². The number of hydrogen-bond donors (Lipinski definition) is 0. The first kappa shape index (κ1) is 11.6. The van der Waals surface area contributed by atoms with Crippen molar-refractivity contribution in [3.05, 3.63) is 34.3 Å². The van der Waals surface area contributed by atoms with Gasteiger partial charge in [0.2, 0.25) is 0 Å². The molecule has 0 spiro atoms. The van der Waals surface area contributed by atoms with Crippen LogP contribution in [0.2, 0.25) is 0 Å². The maximum absolute atomic E-state index is 11.7. The molecule has 1 aromatic carbocycles. The molecule has 0 bridgehead atoms. The zero-order valence-corrected chi connectivity index (χ0v) is 10.4. The first-order chi connectivity index (χ1) is 7.75. The van der Waals surface area contributed by atoms with Crippen LogP contribution in [0.1, 0.15) is 23.2 Å². The fourth-order valence-electron chi connectivity index (χ4n) is 1.64. The Balaban J connectivity index is 1.87. The second-order valence-corrected chi connectivity index (χ2v) is 4.66. The van der Waals surface area contributed by atoms with E-state index in [1.807, 2.05) is 12.1 Å². The molecule has 0 N–H and O–H groups in total. The van der Waals surface area contributed by atoms with E-state index in [0.717, 1.165) is 23.9 Å². The number of carbonyl (C=O) groups is 1. The number of esters is 1. The van der Waals surface area contributed by atoms with Crippen LogP contribution in [0.5, 0.6) is 0 Å². The molecular weight excluding hydrogens is 272 g/mol. The van der Waals surface area contributed by atoms with Crippen LogP contribution in [0, 0.1) is 0 Å². The lowest BCUT2D eigenvalue weighted by atomic mass is 10.2. The van der Waals surface area contributed by atoms with Crippen LogP contribution in [0.25, 0.3) is 0 Å². The number of halogens is 1. The van der Waals surface area contributed by atoms with Gasteiger partial charge in [0.1, 0.15) is 6.61 Å². The average Bonchev–Trinajstić information content (AvgIpc) is 2.78. The molecule has 0 radical (unpaired) electrons. The van der Waals surface area contributed by atoms with Gasteiger partial charge in [-0.1, -0.05) is 22.0 Å². The van der Waals surface area contributed by atoms with Gasteiger partial charge in [-0.25, -0.2) is 4.79 Å². The normalized spacial score (nSPS) is 19.7. The maximum atomic E-state index is 11.7. The van der Waals surface area contributed by atoms with E-state index >= 15 is 0 Å². The Kier molecular flexibility index (Phi) is 3.96. The number of carbonyl (C=O) groups excluding carboxylic acids is 1. The molecule has 1 aromatic rings. The molecule has 1 aliphatic heterocycles. The number of ether oxygens (including phenoxy) is 2. The SMILES string of the molecule is O=C(OC[C@H]1CCCO1)c1cccc(Br)c1. The lowest BCUT2D eigenvalue weighted by Gasteiger charge is -2.10. The van der Waals surface area contributed by atoms with Gasteiger partial charge in [-0.2, -0.15) is 0 Å². The van der Waals surface area contributed by atoms with Crippen molar-refractivity contribution in [3.63, 3.8) is 0 Å². The second kappa shape index (κ2) is 5.46. The van der Waals surface area contributed by atoms with Crippen molar-refractivity contribution in [3.8, 4) is 0 Å². The van der Waals surface area contributed by atoms with Gasteiger partial charge < -0.3 is 9.47 Å². The molecule has 0 aromatic heterocycles. The predicted octanol–water partition coefficient (Wildman–Crippen LogP) is 2.78. The number of hydrogen-bond acceptors (Lipinski definition) is 3. The largest absolute Gasteiger partial charge is 0.459 e. The average molecular weight is 285 g/mol. The molecule has 0 amide bonds. The predicted molar refractivity (Wildman–Crippen MR) is 63.4 cm³/mol. The van der Waals surface area contributed by atoms with Crippen molar-refractivity contribution in [2.24, 2.45) is 0 Å². The molecule has 0 aliphatic carbocycles. The number of rotatable bonds is 3. The lowest BCUT2D eigenvalue weighted by molar-refractivity contribution is 0.0161. The topological polar surface area (TPSA) is 35.5 Å². The third-order valence-electron chi connectivity index (χ3n) is 2.48. The molecule has 1 fully saturated rings. The van der Waals surface area contributed by atoms with Crippen LogP contribution >= 0.6 is 15.9 Å². The summed E-state index contributed by atoms with van der Waals surface area (Å²) in [5.74, 6) is -0.295. The monoisotopic (exact) mass is 284 g/mol. The van der Waals surface area contributed by atoms with Gasteiger partial charge in [0.05, 0.1) is 11.7 Å². The summed E-state index contributed by atoms with van der Waals surface area (Å²) in [5.41, 5.74) is 0.562. The molecule has 1 heterocycles. The maximum Gasteiger partial charge on any atom is 0.338 e. The van der Waals surface area contributed by atoms with Gasteiger partial charge in [0, 0.05) is 11.1 Å². The van der Waals surface area contributed by atoms with E-state index in [0.29, 0.717) is 12.2 Å². The highest BCUT2D eigenvalue weighted by molar-refractivity contribution is 9.10. The summed E-state index contributed by atoms with van der Waals surface area (Å²) in [7, 11) is 0. The van der Waals surface area contributed by atoms with E-state index < -0.39 is 0 Å². The zero-order chi connectivity index (χ0) is 11.4. The van der Waals surface area contributed by atoms with Crippen LogP contribution < -0.4 is 0 Å². The second-order valence-electron chi connectivity index (χ2n) is 3.74. The van der Waals surface area contributed by atoms with Crippen LogP contribution in [-0.4, -0.2) is 25.3 Å². The van der Waals surface area contributed by atoms with Crippen molar-refractivity contribution in [1.29, 1.82) is 0 Å². The lowest BCUT2D eigenvalue weighted by Crippen LogP contribution is -2.17. The summed E-state index contributed by atoms with van der Waals surface area (Å²) in [6.07, 6.45) is 2.11. The minimum absolute atomic E-state index is 0.0797. The zero-order valence-electron chi connectivity index (χ0n) is 8.82. The van der Waals surface area contributed by atoms with E-state index in [-0.39, 0.29) is 12.1 Å². The third-order valence-corrected chi connectivity index (χ3v) is 2.98. The Bertz CT molecular complexity index is 372. The van der Waals surface area contributed by atoms with E-state index in [1.54, 1.807) is 12.1 Å². The Morgan fingerprint density at radius 2 is 2.44 bits per heavy atom. The van der Waals surface area contributed by atoms with Crippen molar-refractivity contribution in [2.75, 3.05) is 13.2 Å². The summed E-state index contributed by atoms with van der Waals surface area (Å²) in [4.78, 5) is 11.7. The molecule has 1 aliphatic rings. The van der Waals surface area contributed by atoms with Crippen molar-refractivity contribution in [2.45, 2.75) is 18.9 Å². The Hall–Kier alpha value is -0.870. The first-order valence-electron chi connectivity index (χ1n) is 5.30. The summed E-state index contributed by atoms with van der Waals surface area (Å²) in [6, 6.07) is 7.17. The Morgan fingerprint density at radius 3 is 3.12 bits per heavy atom. The summed E-state index contributed by atoms with van der Waals surface area (Å²) < 4.78 is 11.4. The minimum atomic E-state index is -0.295. The van der Waals surface area contributed by atoms with Gasteiger partial charge >= 0.3 is 5.97 Å². The number of benzene rings is 1. The third kappa shape index (κ3) is 3.06.